The molecule has 0 aliphatic heterocycles. The summed E-state index contributed by atoms with van der Waals surface area (Å²) in [6, 6.07) is 0. The van der Waals surface area contributed by atoms with E-state index in [1.165, 1.54) is 20.2 Å². The minimum absolute atomic E-state index is 0.292. The van der Waals surface area contributed by atoms with Crippen LogP contribution in [-0.4, -0.2) is 69.3 Å². The average Bonchev–Trinajstić information content (AvgIpc) is 3.03. The third-order valence-corrected chi connectivity index (χ3v) is 3.58. The number of tetrazole rings is 2. The molecule has 0 bridgehead atoms. The molecular weight excluding hydrogens is 404 g/mol. The largest absolute Gasteiger partial charge is 0.367 e. The summed E-state index contributed by atoms with van der Waals surface area (Å²) in [6.45, 7) is 1.67. The molecule has 0 unspecified atom stereocenters. The lowest BCUT2D eigenvalue weighted by atomic mass is 10.8. The highest BCUT2D eigenvalue weighted by Gasteiger charge is 2.00. The highest BCUT2D eigenvalue weighted by molar-refractivity contribution is 7.93. The summed E-state index contributed by atoms with van der Waals surface area (Å²) in [5.74, 6) is 0. The summed E-state index contributed by atoms with van der Waals surface area (Å²) < 4.78 is 44.6. The van der Waals surface area contributed by atoms with Gasteiger partial charge >= 0.3 is 11.4 Å². The van der Waals surface area contributed by atoms with E-state index >= 15 is 0 Å². The van der Waals surface area contributed by atoms with Crippen LogP contribution in [0.4, 0.5) is 0 Å². The molecule has 0 saturated heterocycles. The molecule has 2 aromatic heterocycles. The van der Waals surface area contributed by atoms with Crippen LogP contribution in [0.3, 0.4) is 0 Å². The van der Waals surface area contributed by atoms with Gasteiger partial charge in [0.15, 0.2) is 19.7 Å². The van der Waals surface area contributed by atoms with E-state index in [1.54, 1.807) is 6.92 Å². The van der Waals surface area contributed by atoms with Gasteiger partial charge in [-0.1, -0.05) is 6.08 Å². The van der Waals surface area contributed by atoms with Gasteiger partial charge in [0.2, 0.25) is 0 Å². The van der Waals surface area contributed by atoms with E-state index in [2.05, 4.69) is 26.0 Å². The summed E-state index contributed by atoms with van der Waals surface area (Å²) in [7, 11) is -3.17. The molecule has 0 aliphatic carbocycles. The number of aryl methyl sites for hydroxylation is 2. The molecule has 0 spiro atoms. The Kier molecular flexibility index (Phi) is 9.21. The van der Waals surface area contributed by atoms with Crippen molar-refractivity contribution in [1.29, 1.82) is 0 Å². The van der Waals surface area contributed by atoms with Gasteiger partial charge in [-0.15, -0.1) is 0 Å². The molecule has 27 heavy (non-hydrogen) atoms. The number of aromatic nitrogens is 8. The number of hydrogen-bond donors (Lipinski definition) is 1. The maximum atomic E-state index is 11.0. The third-order valence-electron chi connectivity index (χ3n) is 2.19. The molecule has 0 saturated carbocycles. The molecular formula is C11H20N8O6S2. The molecule has 0 amide bonds. The zero-order valence-electron chi connectivity index (χ0n) is 15.2. The maximum Gasteiger partial charge on any atom is 0.367 e. The molecule has 1 N–H and O–H groups in total. The minimum Gasteiger partial charge on any atom is -0.245 e. The molecule has 14 nitrogen and oxygen atoms in total. The number of sulfone groups is 2. The smallest absolute Gasteiger partial charge is 0.245 e. The Morgan fingerprint density at radius 3 is 1.67 bits per heavy atom. The predicted octanol–water partition coefficient (Wildman–Crippen LogP) is -2.48. The highest BCUT2D eigenvalue weighted by Crippen LogP contribution is 1.86. The van der Waals surface area contributed by atoms with E-state index in [0.717, 1.165) is 43.6 Å². The quantitative estimate of drug-likeness (QED) is 0.553. The first-order valence-electron chi connectivity index (χ1n) is 6.90. The van der Waals surface area contributed by atoms with Gasteiger partial charge in [-0.2, -0.15) is 14.0 Å². The monoisotopic (exact) mass is 424 g/mol. The number of nitrogens with zero attached hydrogens (tertiary/aromatic N) is 7. The number of aromatic amines is 1. The van der Waals surface area contributed by atoms with Crippen molar-refractivity contribution in [1.82, 2.24) is 40.0 Å². The lowest BCUT2D eigenvalue weighted by Gasteiger charge is -1.85. The Bertz CT molecular complexity index is 1100. The fraction of sp³-hybridized carbons (Fsp3) is 0.455. The molecule has 2 aromatic rings. The number of allylic oxidation sites excluding steroid dienone is 1. The van der Waals surface area contributed by atoms with Gasteiger partial charge in [-0.05, 0) is 27.8 Å². The van der Waals surface area contributed by atoms with Crippen molar-refractivity contribution in [2.75, 3.05) is 12.5 Å². The minimum atomic E-state index is -3.25. The van der Waals surface area contributed by atoms with Crippen LogP contribution in [0.5, 0.6) is 0 Å². The van der Waals surface area contributed by atoms with Crippen LogP contribution >= 0.6 is 0 Å². The fourth-order valence-corrected chi connectivity index (χ4v) is 1.91. The van der Waals surface area contributed by atoms with Gasteiger partial charge in [0.1, 0.15) is 0 Å². The molecule has 2 rings (SSSR count). The van der Waals surface area contributed by atoms with E-state index in [9.17, 15) is 26.4 Å². The fourth-order valence-electron chi connectivity index (χ4n) is 1.08. The van der Waals surface area contributed by atoms with Crippen molar-refractivity contribution in [2.45, 2.75) is 6.92 Å². The van der Waals surface area contributed by atoms with Crippen LogP contribution in [0.25, 0.3) is 6.20 Å². The van der Waals surface area contributed by atoms with Crippen LogP contribution in [0, 0.1) is 0 Å². The van der Waals surface area contributed by atoms with E-state index < -0.39 is 25.4 Å². The molecule has 0 atom stereocenters. The maximum absolute atomic E-state index is 11.0. The van der Waals surface area contributed by atoms with Crippen molar-refractivity contribution >= 4 is 25.9 Å². The van der Waals surface area contributed by atoms with Gasteiger partial charge in [0.05, 0.1) is 0 Å². The summed E-state index contributed by atoms with van der Waals surface area (Å²) in [5.41, 5.74) is -0.792. The Morgan fingerprint density at radius 2 is 1.44 bits per heavy atom. The molecule has 0 radical (unpaired) electrons. The van der Waals surface area contributed by atoms with Crippen molar-refractivity contribution in [3.8, 4) is 0 Å². The SMILES string of the molecule is C/C=C/S(C)(=O)=O.Cn1nn[nH]c1=O.Cn1nnn(/C=C/S(C)(=O)=O)c1=O. The van der Waals surface area contributed by atoms with E-state index in [4.69, 9.17) is 0 Å². The van der Waals surface area contributed by atoms with Crippen LogP contribution in [0.1, 0.15) is 6.92 Å². The predicted molar refractivity (Wildman–Crippen MR) is 96.7 cm³/mol. The summed E-state index contributed by atoms with van der Waals surface area (Å²) in [4.78, 5) is 21.2. The molecule has 2 heterocycles. The van der Waals surface area contributed by atoms with Crippen molar-refractivity contribution in [2.24, 2.45) is 14.1 Å². The Labute approximate surface area is 154 Å². The van der Waals surface area contributed by atoms with Crippen molar-refractivity contribution < 1.29 is 16.8 Å². The van der Waals surface area contributed by atoms with Crippen molar-refractivity contribution in [3.05, 3.63) is 37.9 Å². The zero-order valence-corrected chi connectivity index (χ0v) is 16.8. The first kappa shape index (κ1) is 24.1. The van der Waals surface area contributed by atoms with Crippen LogP contribution in [0.2, 0.25) is 0 Å². The second kappa shape index (κ2) is 10.3. The molecule has 152 valence electrons. The summed E-state index contributed by atoms with van der Waals surface area (Å²) in [5, 5.41) is 17.4. The Balaban J connectivity index is 0.000000410. The van der Waals surface area contributed by atoms with Gasteiger partial charge in [0, 0.05) is 43.6 Å². The normalized spacial score (nSPS) is 11.7. The highest BCUT2D eigenvalue weighted by atomic mass is 32.2. The number of nitrogens with one attached hydrogen (secondary N) is 1. The topological polar surface area (TPSA) is 185 Å². The van der Waals surface area contributed by atoms with Crippen LogP contribution < -0.4 is 11.4 Å². The third kappa shape index (κ3) is 11.4. The average molecular weight is 424 g/mol. The molecule has 0 aliphatic rings. The second-order valence-corrected chi connectivity index (χ2v) is 8.74. The van der Waals surface area contributed by atoms with Crippen molar-refractivity contribution in [3.63, 3.8) is 0 Å². The van der Waals surface area contributed by atoms with Crippen LogP contribution in [0.15, 0.2) is 26.5 Å². The van der Waals surface area contributed by atoms with E-state index in [-0.39, 0.29) is 5.69 Å². The Morgan fingerprint density at radius 1 is 0.889 bits per heavy atom. The second-order valence-electron chi connectivity index (χ2n) is 4.87. The number of rotatable bonds is 3. The standard InChI is InChI=1S/C5H8N4O3S.C4H8O2S.C2H4N4O/c1-8-5(10)9(7-6-8)3-4-13(2,11)12;1-3-4-7(2,5)6;1-6-2(7)3-4-5-6/h3-4H,1-2H3;3-4H,1-2H3;1H3,(H,3,5,7)/b2*4-3+;. The van der Waals surface area contributed by atoms with Gasteiger partial charge in [0.25, 0.3) is 0 Å². The van der Waals surface area contributed by atoms with Gasteiger partial charge in [-0.3, -0.25) is 0 Å². The molecule has 16 heteroatoms. The van der Waals surface area contributed by atoms with Gasteiger partial charge < -0.3 is 0 Å². The van der Waals surface area contributed by atoms with E-state index in [0.29, 0.717) is 0 Å². The van der Waals surface area contributed by atoms with Gasteiger partial charge in [-0.25, -0.2) is 31.5 Å². The molecule has 0 aromatic carbocycles. The number of hydrogen-bond acceptors (Lipinski definition) is 10. The van der Waals surface area contributed by atoms with Crippen LogP contribution in [-0.2, 0) is 33.8 Å². The summed E-state index contributed by atoms with van der Waals surface area (Å²) in [6.07, 6.45) is 4.72. The molecule has 0 fully saturated rings. The first-order chi connectivity index (χ1) is 12.3. The zero-order chi connectivity index (χ0) is 21.3. The lowest BCUT2D eigenvalue weighted by Crippen LogP contribution is -2.19. The first-order valence-corrected chi connectivity index (χ1v) is 10.8. The Hall–Kier alpha value is -2.88. The summed E-state index contributed by atoms with van der Waals surface area (Å²) >= 11 is 0. The van der Waals surface area contributed by atoms with E-state index in [1.807, 2.05) is 0 Å². The number of H-pyrrole nitrogens is 1. The lowest BCUT2D eigenvalue weighted by molar-refractivity contribution is 0.608.